The second kappa shape index (κ2) is 7.23. The van der Waals surface area contributed by atoms with E-state index in [2.05, 4.69) is 46.9 Å². The van der Waals surface area contributed by atoms with Crippen molar-refractivity contribution < 1.29 is 4.74 Å². The summed E-state index contributed by atoms with van der Waals surface area (Å²) in [4.78, 5) is 5.97. The lowest BCUT2D eigenvalue weighted by atomic mass is 9.97. The van der Waals surface area contributed by atoms with Gasteiger partial charge in [-0.05, 0) is 37.8 Å². The molecule has 0 bridgehead atoms. The zero-order valence-electron chi connectivity index (χ0n) is 12.1. The van der Waals surface area contributed by atoms with Gasteiger partial charge in [-0.15, -0.1) is 11.3 Å². The Hall–Kier alpha value is -0.870. The van der Waals surface area contributed by atoms with Crippen molar-refractivity contribution >= 4 is 27.3 Å². The van der Waals surface area contributed by atoms with E-state index < -0.39 is 0 Å². The number of alkyl halides is 1. The average Bonchev–Trinajstić information content (AvgIpc) is 2.77. The Morgan fingerprint density at radius 1 is 1.25 bits per heavy atom. The zero-order valence-corrected chi connectivity index (χ0v) is 14.6. The van der Waals surface area contributed by atoms with E-state index in [4.69, 9.17) is 4.74 Å². The van der Waals surface area contributed by atoms with E-state index in [9.17, 15) is 0 Å². The van der Waals surface area contributed by atoms with Crippen LogP contribution in [0.4, 0.5) is 0 Å². The zero-order chi connectivity index (χ0) is 14.5. The molecule has 1 unspecified atom stereocenters. The topological polar surface area (TPSA) is 22.1 Å². The fourth-order valence-electron chi connectivity index (χ4n) is 2.24. The molecule has 0 aliphatic heterocycles. The Balaban J connectivity index is 2.09. The summed E-state index contributed by atoms with van der Waals surface area (Å²) in [6.07, 6.45) is 2.02. The molecular weight excluding hydrogens is 334 g/mol. The van der Waals surface area contributed by atoms with E-state index in [0.29, 0.717) is 5.92 Å². The summed E-state index contributed by atoms with van der Waals surface area (Å²) < 4.78 is 5.44. The number of thiazole rings is 1. The second-order valence-corrected chi connectivity index (χ2v) is 6.92. The van der Waals surface area contributed by atoms with Gasteiger partial charge in [0.2, 0.25) is 0 Å². The average molecular weight is 354 g/mol. The minimum absolute atomic E-state index is 0.538. The lowest BCUT2D eigenvalue weighted by Crippen LogP contribution is -2.10. The summed E-state index contributed by atoms with van der Waals surface area (Å²) in [5.74, 6) is 1.51. The molecule has 2 rings (SSSR count). The van der Waals surface area contributed by atoms with E-state index in [1.54, 1.807) is 7.11 Å². The highest BCUT2D eigenvalue weighted by Crippen LogP contribution is 2.26. The first-order chi connectivity index (χ1) is 9.63. The molecule has 0 fully saturated rings. The van der Waals surface area contributed by atoms with E-state index in [1.807, 2.05) is 23.5 Å². The van der Waals surface area contributed by atoms with Gasteiger partial charge in [0.05, 0.1) is 17.8 Å². The lowest BCUT2D eigenvalue weighted by Gasteiger charge is -2.15. The third-order valence-electron chi connectivity index (χ3n) is 3.46. The van der Waals surface area contributed by atoms with Crippen molar-refractivity contribution in [1.82, 2.24) is 4.98 Å². The van der Waals surface area contributed by atoms with E-state index in [0.717, 1.165) is 29.6 Å². The highest BCUT2D eigenvalue weighted by atomic mass is 79.9. The fraction of sp³-hybridized carbons (Fsp3) is 0.438. The number of benzene rings is 1. The third-order valence-corrected chi connectivity index (χ3v) is 5.47. The van der Waals surface area contributed by atoms with Crippen LogP contribution < -0.4 is 4.74 Å². The van der Waals surface area contributed by atoms with Gasteiger partial charge in [0, 0.05) is 16.6 Å². The maximum absolute atomic E-state index is 5.44. The SMILES string of the molecule is COc1ccccc1CC(CBr)Cc1nc(C)c(C)s1. The number of halogens is 1. The summed E-state index contributed by atoms with van der Waals surface area (Å²) >= 11 is 5.45. The number of aromatic nitrogens is 1. The van der Waals surface area contributed by atoms with Crippen LogP contribution in [0.3, 0.4) is 0 Å². The van der Waals surface area contributed by atoms with Crippen LogP contribution in [0.2, 0.25) is 0 Å². The minimum Gasteiger partial charge on any atom is -0.496 e. The summed E-state index contributed by atoms with van der Waals surface area (Å²) in [5, 5.41) is 2.21. The maximum Gasteiger partial charge on any atom is 0.122 e. The molecule has 20 heavy (non-hydrogen) atoms. The first-order valence-electron chi connectivity index (χ1n) is 6.74. The van der Waals surface area contributed by atoms with Gasteiger partial charge in [0.25, 0.3) is 0 Å². The summed E-state index contributed by atoms with van der Waals surface area (Å²) in [5.41, 5.74) is 2.43. The first kappa shape index (κ1) is 15.5. The quantitative estimate of drug-likeness (QED) is 0.709. The molecule has 0 amide bonds. The maximum atomic E-state index is 5.44. The van der Waals surface area contributed by atoms with Crippen LogP contribution in [-0.4, -0.2) is 17.4 Å². The molecule has 2 aromatic rings. The van der Waals surface area contributed by atoms with Crippen LogP contribution in [0.1, 0.15) is 21.1 Å². The standard InChI is InChI=1S/C16H20BrNOS/c1-11-12(2)20-16(18-11)9-13(10-17)8-14-6-4-5-7-15(14)19-3/h4-7,13H,8-10H2,1-3H3. The monoisotopic (exact) mass is 353 g/mol. The normalized spacial score (nSPS) is 12.4. The Labute approximate surface area is 133 Å². The molecule has 1 aromatic heterocycles. The summed E-state index contributed by atoms with van der Waals surface area (Å²) in [6.45, 7) is 4.22. The highest BCUT2D eigenvalue weighted by molar-refractivity contribution is 9.09. The molecule has 0 radical (unpaired) electrons. The van der Waals surface area contributed by atoms with Crippen LogP contribution in [0.15, 0.2) is 24.3 Å². The lowest BCUT2D eigenvalue weighted by molar-refractivity contribution is 0.406. The molecule has 0 spiro atoms. The number of hydrogen-bond donors (Lipinski definition) is 0. The Bertz CT molecular complexity index is 548. The Kier molecular flexibility index (Phi) is 5.61. The predicted octanol–water partition coefficient (Wildman–Crippen LogP) is 4.56. The molecule has 2 nitrogen and oxygen atoms in total. The Morgan fingerprint density at radius 3 is 2.60 bits per heavy atom. The largest absolute Gasteiger partial charge is 0.496 e. The molecule has 1 heterocycles. The fourth-order valence-corrected chi connectivity index (χ4v) is 3.74. The van der Waals surface area contributed by atoms with Crippen LogP contribution in [0.5, 0.6) is 5.75 Å². The minimum atomic E-state index is 0.538. The molecule has 4 heteroatoms. The number of hydrogen-bond acceptors (Lipinski definition) is 3. The predicted molar refractivity (Wildman–Crippen MR) is 89.3 cm³/mol. The van der Waals surface area contributed by atoms with Crippen LogP contribution in [-0.2, 0) is 12.8 Å². The second-order valence-electron chi connectivity index (χ2n) is 4.99. The van der Waals surface area contributed by atoms with Crippen LogP contribution in [0.25, 0.3) is 0 Å². The van der Waals surface area contributed by atoms with Crippen molar-refractivity contribution in [2.45, 2.75) is 26.7 Å². The van der Waals surface area contributed by atoms with Crippen molar-refractivity contribution in [3.63, 3.8) is 0 Å². The molecular formula is C16H20BrNOS. The molecule has 1 atom stereocenters. The molecule has 0 aliphatic rings. The number of ether oxygens (including phenoxy) is 1. The summed E-state index contributed by atoms with van der Waals surface area (Å²) in [6, 6.07) is 8.25. The van der Waals surface area contributed by atoms with Crippen LogP contribution >= 0.6 is 27.3 Å². The molecule has 0 saturated heterocycles. The van der Waals surface area contributed by atoms with Gasteiger partial charge in [0.1, 0.15) is 5.75 Å². The number of nitrogens with zero attached hydrogens (tertiary/aromatic N) is 1. The van der Waals surface area contributed by atoms with Crippen LogP contribution in [0, 0.1) is 19.8 Å². The first-order valence-corrected chi connectivity index (χ1v) is 8.68. The third kappa shape index (κ3) is 3.83. The van der Waals surface area contributed by atoms with E-state index >= 15 is 0 Å². The smallest absolute Gasteiger partial charge is 0.122 e. The molecule has 108 valence electrons. The van der Waals surface area contributed by atoms with Gasteiger partial charge in [-0.3, -0.25) is 0 Å². The van der Waals surface area contributed by atoms with Crippen molar-refractivity contribution in [1.29, 1.82) is 0 Å². The number of aryl methyl sites for hydroxylation is 2. The number of methoxy groups -OCH3 is 1. The molecule has 0 aliphatic carbocycles. The van der Waals surface area contributed by atoms with Gasteiger partial charge in [-0.2, -0.15) is 0 Å². The van der Waals surface area contributed by atoms with Crippen molar-refractivity contribution in [3.05, 3.63) is 45.4 Å². The van der Waals surface area contributed by atoms with Gasteiger partial charge in [-0.1, -0.05) is 34.1 Å². The number of para-hydroxylation sites is 1. The van der Waals surface area contributed by atoms with Gasteiger partial charge >= 0.3 is 0 Å². The van der Waals surface area contributed by atoms with Gasteiger partial charge in [-0.25, -0.2) is 4.98 Å². The summed E-state index contributed by atoms with van der Waals surface area (Å²) in [7, 11) is 1.73. The molecule has 1 aromatic carbocycles. The van der Waals surface area contributed by atoms with Gasteiger partial charge < -0.3 is 4.74 Å². The van der Waals surface area contributed by atoms with Crippen molar-refractivity contribution in [2.24, 2.45) is 5.92 Å². The Morgan fingerprint density at radius 2 is 2.00 bits per heavy atom. The number of rotatable bonds is 6. The van der Waals surface area contributed by atoms with E-state index in [1.165, 1.54) is 15.4 Å². The molecule has 0 saturated carbocycles. The highest BCUT2D eigenvalue weighted by Gasteiger charge is 2.15. The van der Waals surface area contributed by atoms with Crippen molar-refractivity contribution in [2.75, 3.05) is 12.4 Å². The molecule has 0 N–H and O–H groups in total. The van der Waals surface area contributed by atoms with Crippen molar-refractivity contribution in [3.8, 4) is 5.75 Å². The van der Waals surface area contributed by atoms with Gasteiger partial charge in [0.15, 0.2) is 0 Å². The van der Waals surface area contributed by atoms with E-state index in [-0.39, 0.29) is 0 Å².